The van der Waals surface area contributed by atoms with Gasteiger partial charge in [0.25, 0.3) is 0 Å². The first-order valence-electron chi connectivity index (χ1n) is 3.34. The quantitative estimate of drug-likeness (QED) is 0.208. The highest BCUT2D eigenvalue weighted by atomic mass is 16.6. The summed E-state index contributed by atoms with van der Waals surface area (Å²) in [7, 11) is 0. The molecule has 0 aliphatic carbocycles. The second kappa shape index (κ2) is 4.05. The van der Waals surface area contributed by atoms with Crippen molar-refractivity contribution in [1.82, 2.24) is 4.98 Å². The molecule has 1 aromatic heterocycles. The Hall–Kier alpha value is -2.11. The minimum atomic E-state index is -0.719. The number of esters is 1. The van der Waals surface area contributed by atoms with Crippen molar-refractivity contribution in [1.29, 1.82) is 0 Å². The number of nitrogens with two attached hydrogens (primary N) is 1. The van der Waals surface area contributed by atoms with Gasteiger partial charge in [0.2, 0.25) is 0 Å². The number of carbonyl (C=O) groups is 1. The van der Waals surface area contributed by atoms with Gasteiger partial charge >= 0.3 is 12.0 Å². The monoisotopic (exact) mass is 181 g/mol. The van der Waals surface area contributed by atoms with Crippen LogP contribution < -0.4 is 5.73 Å². The summed E-state index contributed by atoms with van der Waals surface area (Å²) in [5.74, 6) is -0.719. The molecule has 1 rings (SSSR count). The van der Waals surface area contributed by atoms with Crippen LogP contribution in [0.25, 0.3) is 0 Å². The molecule has 0 fully saturated rings. The Kier molecular flexibility index (Phi) is 2.80. The van der Waals surface area contributed by atoms with E-state index in [1.165, 1.54) is 18.5 Å². The molecule has 0 aliphatic rings. The van der Waals surface area contributed by atoms with Gasteiger partial charge in [0.1, 0.15) is 0 Å². The summed E-state index contributed by atoms with van der Waals surface area (Å²) in [6.07, 6.45) is 2.83. The van der Waals surface area contributed by atoms with E-state index in [0.717, 1.165) is 0 Å². The second-order valence-corrected chi connectivity index (χ2v) is 2.07. The molecule has 0 radical (unpaired) electrons. The average Bonchev–Trinajstić information content (AvgIpc) is 2.19. The van der Waals surface area contributed by atoms with Crippen LogP contribution in [-0.4, -0.2) is 22.2 Å². The summed E-state index contributed by atoms with van der Waals surface area (Å²) in [6, 6.07) is 2.47. The molecule has 13 heavy (non-hydrogen) atoms. The lowest BCUT2D eigenvalue weighted by Crippen LogP contribution is -2.20. The zero-order valence-corrected chi connectivity index (χ0v) is 6.54. The molecule has 0 bridgehead atoms. The lowest BCUT2D eigenvalue weighted by Gasteiger charge is -1.99. The smallest absolute Gasteiger partial charge is 0.347 e. The maximum absolute atomic E-state index is 11.1. The number of amidine groups is 1. The fourth-order valence-corrected chi connectivity index (χ4v) is 0.658. The van der Waals surface area contributed by atoms with E-state index in [2.05, 4.69) is 14.9 Å². The number of hydrogen-bond acceptors (Lipinski definition) is 5. The molecule has 68 valence electrons. The summed E-state index contributed by atoms with van der Waals surface area (Å²) < 4.78 is 4.38. The summed E-state index contributed by atoms with van der Waals surface area (Å²) in [4.78, 5) is 14.8. The van der Waals surface area contributed by atoms with Gasteiger partial charge in [0.05, 0.1) is 5.56 Å². The molecule has 1 aromatic rings. The average molecular weight is 181 g/mol. The molecule has 0 atom stereocenters. The van der Waals surface area contributed by atoms with Gasteiger partial charge in [0.15, 0.2) is 0 Å². The van der Waals surface area contributed by atoms with E-state index in [9.17, 15) is 4.79 Å². The second-order valence-electron chi connectivity index (χ2n) is 2.07. The van der Waals surface area contributed by atoms with Crippen molar-refractivity contribution in [3.8, 4) is 0 Å². The first-order valence-corrected chi connectivity index (χ1v) is 3.34. The highest BCUT2D eigenvalue weighted by Crippen LogP contribution is 1.97. The molecule has 0 saturated heterocycles. The molecular formula is C7H7N3O3. The number of aromatic nitrogens is 1. The summed E-state index contributed by atoms with van der Waals surface area (Å²) in [5, 5.41) is 10.6. The molecule has 0 amide bonds. The Morgan fingerprint density at radius 1 is 1.69 bits per heavy atom. The predicted molar refractivity (Wildman–Crippen MR) is 43.1 cm³/mol. The normalized spacial score (nSPS) is 10.9. The molecule has 6 nitrogen and oxygen atoms in total. The number of hydrogen-bond donors (Lipinski definition) is 2. The molecule has 3 N–H and O–H groups in total. The number of pyridine rings is 1. The first-order chi connectivity index (χ1) is 6.24. The highest BCUT2D eigenvalue weighted by Gasteiger charge is 2.08. The van der Waals surface area contributed by atoms with E-state index in [1.807, 2.05) is 0 Å². The van der Waals surface area contributed by atoms with E-state index in [1.54, 1.807) is 6.07 Å². The van der Waals surface area contributed by atoms with Crippen LogP contribution in [0.4, 0.5) is 0 Å². The molecular weight excluding hydrogens is 174 g/mol. The highest BCUT2D eigenvalue weighted by molar-refractivity contribution is 5.96. The molecule has 0 aliphatic heterocycles. The largest absolute Gasteiger partial charge is 0.407 e. The topological polar surface area (TPSA) is 97.8 Å². The van der Waals surface area contributed by atoms with Crippen LogP contribution in [0.2, 0.25) is 0 Å². The van der Waals surface area contributed by atoms with Gasteiger partial charge in [-0.1, -0.05) is 0 Å². The van der Waals surface area contributed by atoms with Gasteiger partial charge in [-0.05, 0) is 17.3 Å². The summed E-state index contributed by atoms with van der Waals surface area (Å²) in [5.41, 5.74) is 5.18. The maximum atomic E-state index is 11.1. The van der Waals surface area contributed by atoms with Crippen LogP contribution in [0.15, 0.2) is 29.7 Å². The van der Waals surface area contributed by atoms with Crippen LogP contribution in [0, 0.1) is 0 Å². The summed E-state index contributed by atoms with van der Waals surface area (Å²) in [6.45, 7) is 0. The molecule has 6 heteroatoms. The molecule has 1 heterocycles. The standard InChI is InChI=1S/C7H7N3O3/c8-7(10-12)13-6(11)5-2-1-3-9-4-5/h1-4,12H,(H2,8,10). The van der Waals surface area contributed by atoms with Crippen molar-refractivity contribution in [3.05, 3.63) is 30.1 Å². The van der Waals surface area contributed by atoms with E-state index >= 15 is 0 Å². The zero-order valence-electron chi connectivity index (χ0n) is 6.54. The molecule has 0 aromatic carbocycles. The Morgan fingerprint density at radius 2 is 2.46 bits per heavy atom. The predicted octanol–water partition coefficient (Wildman–Crippen LogP) is -0.0577. The third-order valence-electron chi connectivity index (χ3n) is 1.19. The number of rotatable bonds is 1. The number of carbonyl (C=O) groups excluding carboxylic acids is 1. The number of nitrogens with zero attached hydrogens (tertiary/aromatic N) is 2. The minimum Gasteiger partial charge on any atom is -0.407 e. The van der Waals surface area contributed by atoms with Gasteiger partial charge in [-0.3, -0.25) is 4.98 Å². The van der Waals surface area contributed by atoms with E-state index < -0.39 is 12.0 Å². The van der Waals surface area contributed by atoms with Gasteiger partial charge < -0.3 is 15.7 Å². The Bertz CT molecular complexity index is 323. The number of oxime groups is 1. The third-order valence-corrected chi connectivity index (χ3v) is 1.19. The summed E-state index contributed by atoms with van der Waals surface area (Å²) >= 11 is 0. The van der Waals surface area contributed by atoms with Crippen molar-refractivity contribution in [3.63, 3.8) is 0 Å². The molecule has 0 saturated carbocycles. The van der Waals surface area contributed by atoms with Crippen molar-refractivity contribution in [2.45, 2.75) is 0 Å². The Balaban J connectivity index is 2.70. The van der Waals surface area contributed by atoms with Crippen molar-refractivity contribution in [2.75, 3.05) is 0 Å². The van der Waals surface area contributed by atoms with Crippen LogP contribution in [0.5, 0.6) is 0 Å². The maximum Gasteiger partial charge on any atom is 0.347 e. The Labute approximate surface area is 73.6 Å². The fourth-order valence-electron chi connectivity index (χ4n) is 0.658. The van der Waals surface area contributed by atoms with E-state index in [4.69, 9.17) is 10.9 Å². The minimum absolute atomic E-state index is 0.231. The van der Waals surface area contributed by atoms with Gasteiger partial charge in [-0.15, -0.1) is 0 Å². The van der Waals surface area contributed by atoms with Crippen LogP contribution >= 0.6 is 0 Å². The van der Waals surface area contributed by atoms with Crippen molar-refractivity contribution in [2.24, 2.45) is 10.9 Å². The number of ether oxygens (including phenoxy) is 1. The van der Waals surface area contributed by atoms with E-state index in [0.29, 0.717) is 0 Å². The first kappa shape index (κ1) is 8.98. The zero-order chi connectivity index (χ0) is 9.68. The third kappa shape index (κ3) is 2.44. The van der Waals surface area contributed by atoms with E-state index in [-0.39, 0.29) is 5.56 Å². The lowest BCUT2D eigenvalue weighted by molar-refractivity contribution is 0.0703. The van der Waals surface area contributed by atoms with Gasteiger partial charge in [0, 0.05) is 12.4 Å². The van der Waals surface area contributed by atoms with Gasteiger partial charge in [-0.2, -0.15) is 0 Å². The lowest BCUT2D eigenvalue weighted by atomic mass is 10.3. The Morgan fingerprint density at radius 3 is 3.00 bits per heavy atom. The van der Waals surface area contributed by atoms with Gasteiger partial charge in [-0.25, -0.2) is 4.79 Å². The van der Waals surface area contributed by atoms with Crippen LogP contribution in [0.1, 0.15) is 10.4 Å². The molecule has 0 unspecified atom stereocenters. The SMILES string of the molecule is NC(=NO)OC(=O)c1cccnc1. The van der Waals surface area contributed by atoms with Crippen LogP contribution in [-0.2, 0) is 4.74 Å². The van der Waals surface area contributed by atoms with Crippen LogP contribution in [0.3, 0.4) is 0 Å². The van der Waals surface area contributed by atoms with Crippen molar-refractivity contribution < 1.29 is 14.7 Å². The fraction of sp³-hybridized carbons (Fsp3) is 0. The molecule has 0 spiro atoms. The van der Waals surface area contributed by atoms with Crippen molar-refractivity contribution >= 4 is 12.0 Å².